The van der Waals surface area contributed by atoms with Gasteiger partial charge in [0.2, 0.25) is 0 Å². The molecule has 1 aliphatic rings. The molecule has 2 nitrogen and oxygen atoms in total. The van der Waals surface area contributed by atoms with E-state index in [9.17, 15) is 4.79 Å². The highest BCUT2D eigenvalue weighted by atomic mass is 16.4. The lowest BCUT2D eigenvalue weighted by atomic mass is 10.1. The van der Waals surface area contributed by atoms with Crippen LogP contribution in [0.3, 0.4) is 0 Å². The topological polar surface area (TPSA) is 37.3 Å². The highest BCUT2D eigenvalue weighted by Crippen LogP contribution is 2.25. The zero-order valence-corrected chi connectivity index (χ0v) is 9.79. The van der Waals surface area contributed by atoms with E-state index in [2.05, 4.69) is 11.8 Å². The number of rotatable bonds is 1. The van der Waals surface area contributed by atoms with Gasteiger partial charge in [-0.05, 0) is 37.8 Å². The van der Waals surface area contributed by atoms with Gasteiger partial charge in [-0.3, -0.25) is 0 Å². The maximum absolute atomic E-state index is 11.0. The number of hydrogen-bond acceptors (Lipinski definition) is 1. The normalized spacial score (nSPS) is 14.4. The molecule has 0 bridgehead atoms. The van der Waals surface area contributed by atoms with E-state index < -0.39 is 5.97 Å². The molecule has 0 radical (unpaired) electrons. The zero-order chi connectivity index (χ0) is 12.3. The third kappa shape index (κ3) is 2.57. The Morgan fingerprint density at radius 3 is 2.71 bits per heavy atom. The number of hydrogen-bond donors (Lipinski definition) is 1. The highest BCUT2D eigenvalue weighted by Gasteiger charge is 2.18. The molecule has 0 atom stereocenters. The average molecular weight is 226 g/mol. The predicted octanol–water partition coefficient (Wildman–Crippen LogP) is 2.91. The van der Waals surface area contributed by atoms with Crippen LogP contribution in [0.25, 0.3) is 0 Å². The summed E-state index contributed by atoms with van der Waals surface area (Å²) in [5, 5.41) is 9.01. The summed E-state index contributed by atoms with van der Waals surface area (Å²) in [4.78, 5) is 11.0. The quantitative estimate of drug-likeness (QED) is 0.747. The summed E-state index contributed by atoms with van der Waals surface area (Å²) in [5.41, 5.74) is 3.37. The summed E-state index contributed by atoms with van der Waals surface area (Å²) >= 11 is 0. The van der Waals surface area contributed by atoms with Crippen molar-refractivity contribution >= 4 is 5.97 Å². The Kier molecular flexibility index (Phi) is 3.30. The molecule has 1 aromatic carbocycles. The maximum Gasteiger partial charge on any atom is 0.332 e. The van der Waals surface area contributed by atoms with E-state index in [1.807, 2.05) is 31.2 Å². The lowest BCUT2D eigenvalue weighted by molar-refractivity contribution is -0.132. The smallest absolute Gasteiger partial charge is 0.332 e. The third-order valence-corrected chi connectivity index (χ3v) is 2.97. The number of aliphatic carboxylic acids is 1. The van der Waals surface area contributed by atoms with Crippen LogP contribution in [0, 0.1) is 18.8 Å². The molecule has 0 unspecified atom stereocenters. The molecular weight excluding hydrogens is 212 g/mol. The van der Waals surface area contributed by atoms with Gasteiger partial charge in [-0.2, -0.15) is 0 Å². The van der Waals surface area contributed by atoms with Crippen molar-refractivity contribution in [2.75, 3.05) is 0 Å². The molecule has 1 aromatic rings. The van der Waals surface area contributed by atoms with Gasteiger partial charge in [0, 0.05) is 16.7 Å². The van der Waals surface area contributed by atoms with Crippen LogP contribution >= 0.6 is 0 Å². The maximum atomic E-state index is 11.0. The fourth-order valence-electron chi connectivity index (χ4n) is 1.97. The van der Waals surface area contributed by atoms with Crippen molar-refractivity contribution in [3.8, 4) is 11.8 Å². The van der Waals surface area contributed by atoms with Crippen molar-refractivity contribution in [2.24, 2.45) is 0 Å². The summed E-state index contributed by atoms with van der Waals surface area (Å²) in [6.07, 6.45) is 2.34. The van der Waals surface area contributed by atoms with Crippen LogP contribution in [0.5, 0.6) is 0 Å². The van der Waals surface area contributed by atoms with Crippen LogP contribution in [0.2, 0.25) is 0 Å². The second-order valence-corrected chi connectivity index (χ2v) is 4.18. The van der Waals surface area contributed by atoms with Crippen LogP contribution < -0.4 is 0 Å². The summed E-state index contributed by atoms with van der Waals surface area (Å²) in [5.74, 6) is 5.26. The number of benzene rings is 1. The Hall–Kier alpha value is -2.01. The van der Waals surface area contributed by atoms with Gasteiger partial charge in [-0.25, -0.2) is 4.79 Å². The molecule has 0 spiro atoms. The van der Waals surface area contributed by atoms with Gasteiger partial charge in [0.1, 0.15) is 0 Å². The number of carboxylic acids is 1. The van der Waals surface area contributed by atoms with E-state index in [-0.39, 0.29) is 0 Å². The van der Waals surface area contributed by atoms with Crippen LogP contribution in [0.15, 0.2) is 35.4 Å². The van der Waals surface area contributed by atoms with E-state index in [0.29, 0.717) is 12.0 Å². The summed E-state index contributed by atoms with van der Waals surface area (Å²) < 4.78 is 0. The first kappa shape index (κ1) is 11.5. The average Bonchev–Trinajstić information content (AvgIpc) is 2.76. The van der Waals surface area contributed by atoms with Gasteiger partial charge in [-0.1, -0.05) is 30.0 Å². The van der Waals surface area contributed by atoms with Gasteiger partial charge < -0.3 is 5.11 Å². The first-order valence-electron chi connectivity index (χ1n) is 5.71. The van der Waals surface area contributed by atoms with Crippen molar-refractivity contribution < 1.29 is 9.90 Å². The molecule has 0 saturated heterocycles. The molecule has 0 aromatic heterocycles. The minimum atomic E-state index is -0.823. The molecule has 1 N–H and O–H groups in total. The zero-order valence-electron chi connectivity index (χ0n) is 9.79. The molecule has 0 fully saturated rings. The summed E-state index contributed by atoms with van der Waals surface area (Å²) in [6, 6.07) is 7.87. The standard InChI is InChI=1S/C15H14O2/c1-11-5-2-3-6-12(11)9-10-13-7-4-8-14(13)15(16)17/h2-3,5-6H,4,7-8H2,1H3,(H,16,17). The third-order valence-electron chi connectivity index (χ3n) is 2.97. The van der Waals surface area contributed by atoms with Crippen molar-refractivity contribution in [3.63, 3.8) is 0 Å². The van der Waals surface area contributed by atoms with Crippen molar-refractivity contribution in [3.05, 3.63) is 46.5 Å². The highest BCUT2D eigenvalue weighted by molar-refractivity contribution is 5.89. The predicted molar refractivity (Wildman–Crippen MR) is 66.6 cm³/mol. The van der Waals surface area contributed by atoms with E-state index in [0.717, 1.165) is 29.5 Å². The van der Waals surface area contributed by atoms with Crippen molar-refractivity contribution in [1.82, 2.24) is 0 Å². The fraction of sp³-hybridized carbons (Fsp3) is 0.267. The number of carbonyl (C=O) groups is 1. The SMILES string of the molecule is Cc1ccccc1C#CC1=C(C(=O)O)CCC1. The van der Waals surface area contributed by atoms with E-state index in [1.165, 1.54) is 0 Å². The first-order valence-corrected chi connectivity index (χ1v) is 5.71. The van der Waals surface area contributed by atoms with Crippen LogP contribution in [-0.4, -0.2) is 11.1 Å². The minimum absolute atomic E-state index is 0.492. The van der Waals surface area contributed by atoms with Gasteiger partial charge in [0.25, 0.3) is 0 Å². The molecule has 17 heavy (non-hydrogen) atoms. The Labute approximate surface area is 101 Å². The Bertz CT molecular complexity index is 542. The second kappa shape index (κ2) is 4.88. The van der Waals surface area contributed by atoms with Crippen LogP contribution in [0.4, 0.5) is 0 Å². The first-order chi connectivity index (χ1) is 8.18. The lowest BCUT2D eigenvalue weighted by Gasteiger charge is -1.96. The number of allylic oxidation sites excluding steroid dienone is 1. The molecule has 86 valence electrons. The molecule has 0 amide bonds. The van der Waals surface area contributed by atoms with E-state index in [1.54, 1.807) is 0 Å². The molecule has 0 aliphatic heterocycles. The monoisotopic (exact) mass is 226 g/mol. The molecule has 0 heterocycles. The minimum Gasteiger partial charge on any atom is -0.478 e. The summed E-state index contributed by atoms with van der Waals surface area (Å²) in [7, 11) is 0. The Balaban J connectivity index is 2.31. The number of aryl methyl sites for hydroxylation is 1. The lowest BCUT2D eigenvalue weighted by Crippen LogP contribution is -1.98. The van der Waals surface area contributed by atoms with Gasteiger partial charge >= 0.3 is 5.97 Å². The molecule has 0 saturated carbocycles. The van der Waals surface area contributed by atoms with Crippen molar-refractivity contribution in [2.45, 2.75) is 26.2 Å². The van der Waals surface area contributed by atoms with Crippen LogP contribution in [0.1, 0.15) is 30.4 Å². The fourth-order valence-corrected chi connectivity index (χ4v) is 1.97. The van der Waals surface area contributed by atoms with E-state index >= 15 is 0 Å². The van der Waals surface area contributed by atoms with Crippen LogP contribution in [-0.2, 0) is 4.79 Å². The van der Waals surface area contributed by atoms with Gasteiger partial charge in [0.15, 0.2) is 0 Å². The molecule has 2 heteroatoms. The molecule has 2 rings (SSSR count). The largest absolute Gasteiger partial charge is 0.478 e. The molecular formula is C15H14O2. The van der Waals surface area contributed by atoms with E-state index in [4.69, 9.17) is 5.11 Å². The van der Waals surface area contributed by atoms with Gasteiger partial charge in [-0.15, -0.1) is 0 Å². The number of carboxylic acid groups (broad SMARTS) is 1. The second-order valence-electron chi connectivity index (χ2n) is 4.18. The Morgan fingerprint density at radius 2 is 2.00 bits per heavy atom. The van der Waals surface area contributed by atoms with Gasteiger partial charge in [0.05, 0.1) is 0 Å². The summed E-state index contributed by atoms with van der Waals surface area (Å²) in [6.45, 7) is 2.01. The Morgan fingerprint density at radius 1 is 1.24 bits per heavy atom. The molecule has 1 aliphatic carbocycles. The van der Waals surface area contributed by atoms with Crippen molar-refractivity contribution in [1.29, 1.82) is 0 Å².